The van der Waals surface area contributed by atoms with Crippen LogP contribution in [0.5, 0.6) is 0 Å². The molecular formula is C71H55NS. The van der Waals surface area contributed by atoms with Crippen molar-refractivity contribution in [1.82, 2.24) is 0 Å². The number of anilines is 3. The van der Waals surface area contributed by atoms with Crippen LogP contribution in [-0.2, 0) is 10.8 Å². The van der Waals surface area contributed by atoms with Gasteiger partial charge in [0.2, 0.25) is 0 Å². The lowest BCUT2D eigenvalue weighted by Gasteiger charge is -2.32. The van der Waals surface area contributed by atoms with Gasteiger partial charge in [0.15, 0.2) is 0 Å². The molecule has 1 nitrogen and oxygen atoms in total. The summed E-state index contributed by atoms with van der Waals surface area (Å²) >= 11 is 1.88. The zero-order valence-corrected chi connectivity index (χ0v) is 42.8. The van der Waals surface area contributed by atoms with Crippen molar-refractivity contribution < 1.29 is 0 Å². The lowest BCUT2D eigenvalue weighted by molar-refractivity contribution is 0.590. The van der Waals surface area contributed by atoms with E-state index in [2.05, 4.69) is 282 Å². The molecule has 12 aromatic rings. The highest BCUT2D eigenvalue weighted by molar-refractivity contribution is 7.26. The maximum absolute atomic E-state index is 2.55. The lowest BCUT2D eigenvalue weighted by atomic mass is 9.82. The van der Waals surface area contributed by atoms with Crippen LogP contribution in [0.2, 0.25) is 0 Å². The molecule has 73 heavy (non-hydrogen) atoms. The number of rotatable bonds is 8. The van der Waals surface area contributed by atoms with Crippen LogP contribution in [0.25, 0.3) is 97.7 Å². The summed E-state index contributed by atoms with van der Waals surface area (Å²) < 4.78 is 2.65. The molecule has 1 aliphatic carbocycles. The highest BCUT2D eigenvalue weighted by Crippen LogP contribution is 2.53. The summed E-state index contributed by atoms with van der Waals surface area (Å²) in [5, 5.41) is 5.05. The van der Waals surface area contributed by atoms with Crippen LogP contribution in [0, 0.1) is 0 Å². The van der Waals surface area contributed by atoms with Crippen molar-refractivity contribution in [1.29, 1.82) is 0 Å². The van der Waals surface area contributed by atoms with Crippen LogP contribution >= 0.6 is 11.3 Å². The standard InChI is InChI=1S/C71H55NS/c1-70(2,3)54-38-34-47(35-39-54)46-26-28-48(29-27-46)53-37-42-65(62(44-53)49-16-7-6-8-17-49)72(55-40-41-59-58-20-11-13-24-63(58)71(4,5)64(59)45-55)66-43-36-50-18-9-10-19-56(50)68(66)52-32-30-51(31-33-52)57-22-15-23-61-60-21-12-14-25-67(60)73-69(57)61/h6-45H,1-5H3. The molecule has 0 unspecified atom stereocenters. The van der Waals surface area contributed by atoms with Crippen LogP contribution < -0.4 is 4.90 Å². The molecule has 0 fully saturated rings. The van der Waals surface area contributed by atoms with E-state index in [9.17, 15) is 0 Å². The molecule has 0 atom stereocenters. The van der Waals surface area contributed by atoms with Gasteiger partial charge in [-0.15, -0.1) is 11.3 Å². The van der Waals surface area contributed by atoms with Gasteiger partial charge in [0, 0.05) is 42.4 Å². The summed E-state index contributed by atoms with van der Waals surface area (Å²) in [6.07, 6.45) is 0. The number of fused-ring (bicyclic) bond motifs is 7. The Hall–Kier alpha value is -8.30. The molecule has 0 bridgehead atoms. The van der Waals surface area contributed by atoms with Crippen LogP contribution in [0.3, 0.4) is 0 Å². The molecule has 2 heteroatoms. The minimum atomic E-state index is -0.181. The second-order valence-electron chi connectivity index (χ2n) is 21.3. The molecular weight excluding hydrogens is 899 g/mol. The van der Waals surface area contributed by atoms with Crippen molar-refractivity contribution in [2.24, 2.45) is 0 Å². The second-order valence-corrected chi connectivity index (χ2v) is 22.3. The van der Waals surface area contributed by atoms with E-state index in [-0.39, 0.29) is 10.8 Å². The van der Waals surface area contributed by atoms with Crippen molar-refractivity contribution in [2.75, 3.05) is 4.90 Å². The third kappa shape index (κ3) is 7.68. The molecule has 1 aromatic heterocycles. The highest BCUT2D eigenvalue weighted by Gasteiger charge is 2.36. The van der Waals surface area contributed by atoms with Crippen molar-refractivity contribution >= 4 is 59.3 Å². The molecule has 0 saturated heterocycles. The highest BCUT2D eigenvalue weighted by atomic mass is 32.1. The number of hydrogen-bond donors (Lipinski definition) is 0. The van der Waals surface area contributed by atoms with Crippen LogP contribution in [0.15, 0.2) is 243 Å². The normalized spacial score (nSPS) is 12.8. The molecule has 0 amide bonds. The van der Waals surface area contributed by atoms with Crippen molar-refractivity contribution in [3.05, 3.63) is 259 Å². The SMILES string of the molecule is CC(C)(C)c1ccc(-c2ccc(-c3ccc(N(c4ccc5c(c4)C(C)(C)c4ccccc4-5)c4ccc5ccccc5c4-c4ccc(-c5cccc6c5sc5ccccc56)cc4)c(-c4ccccc4)c3)cc2)cc1. The van der Waals surface area contributed by atoms with Crippen molar-refractivity contribution in [3.8, 4) is 66.8 Å². The van der Waals surface area contributed by atoms with E-state index in [1.807, 2.05) is 11.3 Å². The predicted molar refractivity (Wildman–Crippen MR) is 315 cm³/mol. The fraction of sp³-hybridized carbons (Fsp3) is 0.0986. The molecule has 0 saturated carbocycles. The summed E-state index contributed by atoms with van der Waals surface area (Å²) in [4.78, 5) is 2.55. The van der Waals surface area contributed by atoms with Gasteiger partial charge in [-0.05, 0) is 125 Å². The fourth-order valence-electron chi connectivity index (χ4n) is 11.6. The molecule has 350 valence electrons. The largest absolute Gasteiger partial charge is 0.309 e. The van der Waals surface area contributed by atoms with Gasteiger partial charge < -0.3 is 4.90 Å². The van der Waals surface area contributed by atoms with E-state index in [4.69, 9.17) is 0 Å². The third-order valence-corrected chi connectivity index (χ3v) is 16.7. The Morgan fingerprint density at radius 2 is 0.932 bits per heavy atom. The van der Waals surface area contributed by atoms with Gasteiger partial charge in [-0.25, -0.2) is 0 Å². The predicted octanol–water partition coefficient (Wildman–Crippen LogP) is 20.6. The number of benzene rings is 11. The Labute approximate surface area is 433 Å². The van der Waals surface area contributed by atoms with Crippen LogP contribution in [0.1, 0.15) is 51.3 Å². The molecule has 0 N–H and O–H groups in total. The zero-order valence-electron chi connectivity index (χ0n) is 41.9. The second kappa shape index (κ2) is 17.5. The molecule has 1 heterocycles. The van der Waals surface area contributed by atoms with E-state index in [1.54, 1.807) is 0 Å². The summed E-state index contributed by atoms with van der Waals surface area (Å²) in [7, 11) is 0. The monoisotopic (exact) mass is 953 g/mol. The Morgan fingerprint density at radius 1 is 0.370 bits per heavy atom. The first kappa shape index (κ1) is 44.6. The summed E-state index contributed by atoms with van der Waals surface area (Å²) in [5.74, 6) is 0. The maximum atomic E-state index is 2.55. The van der Waals surface area contributed by atoms with Crippen LogP contribution in [-0.4, -0.2) is 0 Å². The smallest absolute Gasteiger partial charge is 0.0546 e. The maximum Gasteiger partial charge on any atom is 0.0546 e. The number of thiophene rings is 1. The summed E-state index contributed by atoms with van der Waals surface area (Å²) in [5.41, 5.74) is 21.9. The average Bonchev–Trinajstić information content (AvgIpc) is 3.93. The Bertz CT molecular complexity index is 4060. The first-order valence-corrected chi connectivity index (χ1v) is 26.4. The first-order valence-electron chi connectivity index (χ1n) is 25.6. The fourth-order valence-corrected chi connectivity index (χ4v) is 12.8. The van der Waals surface area contributed by atoms with Gasteiger partial charge in [0.05, 0.1) is 11.4 Å². The quantitative estimate of drug-likeness (QED) is 0.147. The van der Waals surface area contributed by atoms with E-state index in [1.165, 1.54) is 103 Å². The average molecular weight is 954 g/mol. The third-order valence-electron chi connectivity index (χ3n) is 15.5. The van der Waals surface area contributed by atoms with E-state index in [0.717, 1.165) is 28.2 Å². The van der Waals surface area contributed by atoms with Gasteiger partial charge in [-0.3, -0.25) is 0 Å². The van der Waals surface area contributed by atoms with Crippen molar-refractivity contribution in [3.63, 3.8) is 0 Å². The van der Waals surface area contributed by atoms with Crippen molar-refractivity contribution in [2.45, 2.75) is 45.4 Å². The minimum Gasteiger partial charge on any atom is -0.309 e. The molecule has 0 radical (unpaired) electrons. The Balaban J connectivity index is 0.999. The lowest BCUT2D eigenvalue weighted by Crippen LogP contribution is -2.17. The Kier molecular flexibility index (Phi) is 10.7. The number of hydrogen-bond acceptors (Lipinski definition) is 2. The molecule has 13 rings (SSSR count). The molecule has 1 aliphatic rings. The Morgan fingerprint density at radius 3 is 1.70 bits per heavy atom. The van der Waals surface area contributed by atoms with E-state index < -0.39 is 0 Å². The van der Waals surface area contributed by atoms with Gasteiger partial charge in [0.25, 0.3) is 0 Å². The topological polar surface area (TPSA) is 3.24 Å². The first-order chi connectivity index (χ1) is 35.6. The molecule has 11 aromatic carbocycles. The van der Waals surface area contributed by atoms with Crippen LogP contribution in [0.4, 0.5) is 17.1 Å². The molecule has 0 spiro atoms. The van der Waals surface area contributed by atoms with Gasteiger partial charge in [-0.1, -0.05) is 241 Å². The summed E-state index contributed by atoms with van der Waals surface area (Å²) in [6.45, 7) is 11.6. The van der Waals surface area contributed by atoms with Gasteiger partial charge in [-0.2, -0.15) is 0 Å². The minimum absolute atomic E-state index is 0.113. The van der Waals surface area contributed by atoms with E-state index in [0.29, 0.717) is 0 Å². The molecule has 0 aliphatic heterocycles. The van der Waals surface area contributed by atoms with Gasteiger partial charge in [0.1, 0.15) is 0 Å². The summed E-state index contributed by atoms with van der Waals surface area (Å²) in [6, 6.07) is 90.7. The van der Waals surface area contributed by atoms with Gasteiger partial charge >= 0.3 is 0 Å². The zero-order chi connectivity index (χ0) is 49.4. The van der Waals surface area contributed by atoms with E-state index >= 15 is 0 Å². The number of nitrogens with zero attached hydrogens (tertiary/aromatic N) is 1.